The van der Waals surface area contributed by atoms with Gasteiger partial charge in [0.05, 0.1) is 18.7 Å². The number of nitrogens with zero attached hydrogens (tertiary/aromatic N) is 2. The van der Waals surface area contributed by atoms with Crippen LogP contribution in [-0.2, 0) is 11.3 Å². The Morgan fingerprint density at radius 1 is 1.67 bits per heavy atom. The van der Waals surface area contributed by atoms with E-state index in [1.807, 2.05) is 4.57 Å². The summed E-state index contributed by atoms with van der Waals surface area (Å²) in [5.74, 6) is -0.402. The van der Waals surface area contributed by atoms with Crippen LogP contribution in [0.2, 0.25) is 0 Å². The van der Waals surface area contributed by atoms with Gasteiger partial charge in [0.25, 0.3) is 6.01 Å². The number of carboxylic acid groups (broad SMARTS) is 1. The third-order valence-electron chi connectivity index (χ3n) is 3.66. The minimum Gasteiger partial charge on any atom is -0.481 e. The molecule has 6 heteroatoms. The fourth-order valence-corrected chi connectivity index (χ4v) is 2.77. The fraction of sp³-hybridized carbons (Fsp3) is 0.667. The Kier molecular flexibility index (Phi) is 2.95. The van der Waals surface area contributed by atoms with Gasteiger partial charge >= 0.3 is 5.97 Å². The molecule has 1 saturated heterocycles. The zero-order valence-electron chi connectivity index (χ0n) is 10.1. The number of carbonyl (C=O) groups is 1. The Morgan fingerprint density at radius 2 is 2.56 bits per heavy atom. The lowest BCUT2D eigenvalue weighted by Crippen LogP contribution is -2.38. The van der Waals surface area contributed by atoms with Crippen molar-refractivity contribution in [1.82, 2.24) is 14.9 Å². The van der Waals surface area contributed by atoms with E-state index in [1.54, 1.807) is 0 Å². The average molecular weight is 251 g/mol. The van der Waals surface area contributed by atoms with Crippen LogP contribution in [-0.4, -0.2) is 39.8 Å². The van der Waals surface area contributed by atoms with Crippen LogP contribution < -0.4 is 10.1 Å². The van der Waals surface area contributed by atoms with Crippen molar-refractivity contribution in [1.29, 1.82) is 0 Å². The summed E-state index contributed by atoms with van der Waals surface area (Å²) < 4.78 is 7.43. The molecule has 2 aliphatic rings. The second-order valence-electron chi connectivity index (χ2n) is 4.96. The van der Waals surface area contributed by atoms with Gasteiger partial charge in [0.15, 0.2) is 0 Å². The van der Waals surface area contributed by atoms with E-state index in [0.717, 1.165) is 31.6 Å². The molecule has 3 rings (SSSR count). The minimum atomic E-state index is -0.746. The summed E-state index contributed by atoms with van der Waals surface area (Å²) in [6.45, 7) is 2.42. The summed E-state index contributed by atoms with van der Waals surface area (Å²) in [7, 11) is 0. The molecular weight excluding hydrogens is 234 g/mol. The zero-order chi connectivity index (χ0) is 12.5. The van der Waals surface area contributed by atoms with Gasteiger partial charge in [-0.1, -0.05) is 0 Å². The van der Waals surface area contributed by atoms with Gasteiger partial charge in [-0.2, -0.15) is 0 Å². The number of aromatic nitrogens is 2. The van der Waals surface area contributed by atoms with Crippen LogP contribution in [0, 0.1) is 0 Å². The van der Waals surface area contributed by atoms with Crippen molar-refractivity contribution in [3.63, 3.8) is 0 Å². The monoisotopic (exact) mass is 251 g/mol. The number of nitrogens with one attached hydrogen (secondary N) is 1. The molecule has 1 aromatic heterocycles. The van der Waals surface area contributed by atoms with Crippen LogP contribution in [0.1, 0.15) is 30.9 Å². The van der Waals surface area contributed by atoms with Gasteiger partial charge in [-0.05, 0) is 19.4 Å². The number of piperidine rings is 1. The standard InChI is InChI=1S/C12H17N3O3/c16-11(17)6-9-5-8(1-2-13-9)10-7-15-3-4-18-12(15)14-10/h7-9,13H,1-6H2,(H,16,17). The number of carboxylic acids is 1. The summed E-state index contributed by atoms with van der Waals surface area (Å²) in [5.41, 5.74) is 1.04. The van der Waals surface area contributed by atoms with E-state index in [4.69, 9.17) is 9.84 Å². The highest BCUT2D eigenvalue weighted by Crippen LogP contribution is 2.30. The minimum absolute atomic E-state index is 0.0544. The molecule has 0 aromatic carbocycles. The number of ether oxygens (including phenoxy) is 1. The van der Waals surface area contributed by atoms with Crippen LogP contribution in [0.3, 0.4) is 0 Å². The van der Waals surface area contributed by atoms with Crippen molar-refractivity contribution in [2.45, 2.75) is 37.8 Å². The molecule has 2 N–H and O–H groups in total. The Bertz CT molecular complexity index is 436. The van der Waals surface area contributed by atoms with Crippen LogP contribution in [0.4, 0.5) is 0 Å². The number of rotatable bonds is 3. The van der Waals surface area contributed by atoms with E-state index < -0.39 is 5.97 Å². The summed E-state index contributed by atoms with van der Waals surface area (Å²) in [5, 5.41) is 12.1. The van der Waals surface area contributed by atoms with Crippen molar-refractivity contribution < 1.29 is 14.6 Å². The van der Waals surface area contributed by atoms with Crippen molar-refractivity contribution >= 4 is 5.97 Å². The highest BCUT2D eigenvalue weighted by Gasteiger charge is 2.27. The van der Waals surface area contributed by atoms with Crippen molar-refractivity contribution in [2.75, 3.05) is 13.2 Å². The maximum atomic E-state index is 10.7. The van der Waals surface area contributed by atoms with E-state index in [9.17, 15) is 4.79 Å². The highest BCUT2D eigenvalue weighted by molar-refractivity contribution is 5.67. The summed E-state index contributed by atoms with van der Waals surface area (Å²) in [4.78, 5) is 15.2. The van der Waals surface area contributed by atoms with Gasteiger partial charge in [0.2, 0.25) is 0 Å². The van der Waals surface area contributed by atoms with Gasteiger partial charge < -0.3 is 15.2 Å². The third-order valence-corrected chi connectivity index (χ3v) is 3.66. The van der Waals surface area contributed by atoms with Gasteiger partial charge in [-0.3, -0.25) is 9.36 Å². The Hall–Kier alpha value is -1.56. The SMILES string of the molecule is O=C(O)CC1CC(c2cn3c(n2)OCC3)CCN1. The van der Waals surface area contributed by atoms with Crippen LogP contribution >= 0.6 is 0 Å². The summed E-state index contributed by atoms with van der Waals surface area (Å²) >= 11 is 0. The Morgan fingerprint density at radius 3 is 3.33 bits per heavy atom. The predicted octanol–water partition coefficient (Wildman–Crippen LogP) is 0.586. The molecule has 0 bridgehead atoms. The predicted molar refractivity (Wildman–Crippen MR) is 63.7 cm³/mol. The van der Waals surface area contributed by atoms with Crippen LogP contribution in [0.25, 0.3) is 0 Å². The van der Waals surface area contributed by atoms with Crippen LogP contribution in [0.15, 0.2) is 6.20 Å². The molecule has 2 atom stereocenters. The second-order valence-corrected chi connectivity index (χ2v) is 4.96. The number of aliphatic carboxylic acids is 1. The lowest BCUT2D eigenvalue weighted by atomic mass is 9.89. The third kappa shape index (κ3) is 2.20. The van der Waals surface area contributed by atoms with Crippen molar-refractivity contribution in [3.8, 4) is 6.01 Å². The first-order valence-corrected chi connectivity index (χ1v) is 6.37. The highest BCUT2D eigenvalue weighted by atomic mass is 16.5. The van der Waals surface area contributed by atoms with E-state index in [1.165, 1.54) is 0 Å². The quantitative estimate of drug-likeness (QED) is 0.822. The van der Waals surface area contributed by atoms with Gasteiger partial charge in [0.1, 0.15) is 6.61 Å². The fourth-order valence-electron chi connectivity index (χ4n) is 2.77. The number of hydrogen-bond donors (Lipinski definition) is 2. The molecule has 0 spiro atoms. The molecule has 1 aromatic rings. The molecule has 0 saturated carbocycles. The smallest absolute Gasteiger partial charge is 0.304 e. The number of fused-ring (bicyclic) bond motifs is 1. The average Bonchev–Trinajstić information content (AvgIpc) is 2.88. The molecule has 0 amide bonds. The first-order valence-electron chi connectivity index (χ1n) is 6.37. The molecule has 1 fully saturated rings. The van der Waals surface area contributed by atoms with Gasteiger partial charge in [-0.15, -0.1) is 0 Å². The van der Waals surface area contributed by atoms with E-state index in [0.29, 0.717) is 18.5 Å². The topological polar surface area (TPSA) is 76.4 Å². The molecule has 2 unspecified atom stereocenters. The molecule has 3 heterocycles. The van der Waals surface area contributed by atoms with Gasteiger partial charge in [-0.25, -0.2) is 4.98 Å². The summed E-state index contributed by atoms with van der Waals surface area (Å²) in [6, 6.07) is 0.761. The number of imidazole rings is 1. The molecule has 0 radical (unpaired) electrons. The second kappa shape index (κ2) is 4.61. The van der Waals surface area contributed by atoms with Crippen molar-refractivity contribution in [2.24, 2.45) is 0 Å². The van der Waals surface area contributed by atoms with Crippen molar-refractivity contribution in [3.05, 3.63) is 11.9 Å². The first-order chi connectivity index (χ1) is 8.72. The summed E-state index contributed by atoms with van der Waals surface area (Å²) in [6.07, 6.45) is 4.08. The van der Waals surface area contributed by atoms with E-state index >= 15 is 0 Å². The normalized spacial score (nSPS) is 26.7. The Balaban J connectivity index is 1.69. The molecule has 98 valence electrons. The molecule has 6 nitrogen and oxygen atoms in total. The van der Waals surface area contributed by atoms with E-state index in [-0.39, 0.29) is 12.5 Å². The van der Waals surface area contributed by atoms with E-state index in [2.05, 4.69) is 16.5 Å². The molecule has 2 aliphatic heterocycles. The molecular formula is C12H17N3O3. The lowest BCUT2D eigenvalue weighted by molar-refractivity contribution is -0.137. The maximum Gasteiger partial charge on any atom is 0.304 e. The lowest BCUT2D eigenvalue weighted by Gasteiger charge is -2.28. The molecule has 18 heavy (non-hydrogen) atoms. The first kappa shape index (κ1) is 11.5. The maximum absolute atomic E-state index is 10.7. The zero-order valence-corrected chi connectivity index (χ0v) is 10.1. The molecule has 0 aliphatic carbocycles. The largest absolute Gasteiger partial charge is 0.481 e. The Labute approximate surface area is 105 Å². The number of hydrogen-bond acceptors (Lipinski definition) is 4. The van der Waals surface area contributed by atoms with Crippen LogP contribution in [0.5, 0.6) is 6.01 Å². The van der Waals surface area contributed by atoms with Gasteiger partial charge in [0, 0.05) is 18.2 Å².